The van der Waals surface area contributed by atoms with E-state index in [0.29, 0.717) is 5.92 Å². The molecule has 0 aliphatic carbocycles. The SMILES string of the molecule is CCC(C)C(C)(O)CN(C)C. The van der Waals surface area contributed by atoms with Crippen LogP contribution in [0.3, 0.4) is 0 Å². The Labute approximate surface area is 70.2 Å². The summed E-state index contributed by atoms with van der Waals surface area (Å²) in [5, 5.41) is 9.91. The van der Waals surface area contributed by atoms with Gasteiger partial charge in [-0.15, -0.1) is 0 Å². The summed E-state index contributed by atoms with van der Waals surface area (Å²) in [5.74, 6) is 0.366. The molecule has 0 bridgehead atoms. The van der Waals surface area contributed by atoms with E-state index in [4.69, 9.17) is 0 Å². The maximum Gasteiger partial charge on any atom is 0.0771 e. The molecule has 0 amide bonds. The average molecular weight is 159 g/mol. The normalized spacial score (nSPS) is 19.9. The summed E-state index contributed by atoms with van der Waals surface area (Å²) in [5.41, 5.74) is -0.543. The van der Waals surface area contributed by atoms with E-state index in [9.17, 15) is 5.11 Å². The molecule has 2 nitrogen and oxygen atoms in total. The zero-order chi connectivity index (χ0) is 9.07. The van der Waals surface area contributed by atoms with Crippen LogP contribution >= 0.6 is 0 Å². The van der Waals surface area contributed by atoms with E-state index in [0.717, 1.165) is 13.0 Å². The minimum atomic E-state index is -0.543. The molecule has 2 heteroatoms. The fourth-order valence-corrected chi connectivity index (χ4v) is 1.24. The third-order valence-electron chi connectivity index (χ3n) is 2.31. The summed E-state index contributed by atoms with van der Waals surface area (Å²) in [6.45, 7) is 6.83. The van der Waals surface area contributed by atoms with E-state index >= 15 is 0 Å². The van der Waals surface area contributed by atoms with Crippen LogP contribution in [-0.2, 0) is 0 Å². The summed E-state index contributed by atoms with van der Waals surface area (Å²) >= 11 is 0. The van der Waals surface area contributed by atoms with Gasteiger partial charge in [0.15, 0.2) is 0 Å². The van der Waals surface area contributed by atoms with E-state index < -0.39 is 5.60 Å². The number of likely N-dealkylation sites (N-methyl/N-ethyl adjacent to an activating group) is 1. The topological polar surface area (TPSA) is 23.5 Å². The van der Waals surface area contributed by atoms with Crippen molar-refractivity contribution >= 4 is 0 Å². The Morgan fingerprint density at radius 3 is 2.18 bits per heavy atom. The zero-order valence-electron chi connectivity index (χ0n) is 8.39. The number of nitrogens with zero attached hydrogens (tertiary/aromatic N) is 1. The lowest BCUT2D eigenvalue weighted by Crippen LogP contribution is -2.42. The van der Waals surface area contributed by atoms with Crippen molar-refractivity contribution in [2.75, 3.05) is 20.6 Å². The van der Waals surface area contributed by atoms with Crippen LogP contribution in [0.5, 0.6) is 0 Å². The maximum atomic E-state index is 9.91. The zero-order valence-corrected chi connectivity index (χ0v) is 8.39. The standard InChI is InChI=1S/C9H21NO/c1-6-8(2)9(3,11)7-10(4)5/h8,11H,6-7H2,1-5H3. The highest BCUT2D eigenvalue weighted by atomic mass is 16.3. The number of hydrogen-bond acceptors (Lipinski definition) is 2. The quantitative estimate of drug-likeness (QED) is 0.669. The second kappa shape index (κ2) is 4.07. The summed E-state index contributed by atoms with van der Waals surface area (Å²) in [6.07, 6.45) is 1.03. The van der Waals surface area contributed by atoms with Crippen LogP contribution in [0.25, 0.3) is 0 Å². The fourth-order valence-electron chi connectivity index (χ4n) is 1.24. The molecule has 2 atom stereocenters. The molecule has 0 spiro atoms. The van der Waals surface area contributed by atoms with Gasteiger partial charge in [-0.05, 0) is 26.9 Å². The highest BCUT2D eigenvalue weighted by Gasteiger charge is 2.27. The van der Waals surface area contributed by atoms with Gasteiger partial charge in [0, 0.05) is 6.54 Å². The van der Waals surface area contributed by atoms with Gasteiger partial charge in [0.05, 0.1) is 5.60 Å². The maximum absolute atomic E-state index is 9.91. The lowest BCUT2D eigenvalue weighted by molar-refractivity contribution is -0.0157. The van der Waals surface area contributed by atoms with Crippen molar-refractivity contribution < 1.29 is 5.11 Å². The van der Waals surface area contributed by atoms with Gasteiger partial charge < -0.3 is 10.0 Å². The molecule has 0 saturated carbocycles. The molecule has 0 rings (SSSR count). The lowest BCUT2D eigenvalue weighted by Gasteiger charge is -2.32. The molecule has 1 N–H and O–H groups in total. The minimum Gasteiger partial charge on any atom is -0.389 e. The molecule has 0 saturated heterocycles. The van der Waals surface area contributed by atoms with E-state index in [-0.39, 0.29) is 0 Å². The number of hydrogen-bond donors (Lipinski definition) is 1. The van der Waals surface area contributed by atoms with Crippen LogP contribution in [0.4, 0.5) is 0 Å². The van der Waals surface area contributed by atoms with E-state index in [1.807, 2.05) is 25.9 Å². The molecule has 0 aliphatic rings. The Balaban J connectivity index is 3.98. The van der Waals surface area contributed by atoms with Crippen molar-refractivity contribution in [1.29, 1.82) is 0 Å². The van der Waals surface area contributed by atoms with E-state index in [1.165, 1.54) is 0 Å². The third-order valence-corrected chi connectivity index (χ3v) is 2.31. The van der Waals surface area contributed by atoms with Gasteiger partial charge in [-0.25, -0.2) is 0 Å². The smallest absolute Gasteiger partial charge is 0.0771 e. The first-order valence-corrected chi connectivity index (χ1v) is 4.27. The first-order chi connectivity index (χ1) is 4.90. The van der Waals surface area contributed by atoms with Gasteiger partial charge in [0.2, 0.25) is 0 Å². The van der Waals surface area contributed by atoms with E-state index in [2.05, 4.69) is 13.8 Å². The molecule has 0 aromatic carbocycles. The molecule has 68 valence electrons. The highest BCUT2D eigenvalue weighted by molar-refractivity contribution is 4.80. The Bertz CT molecular complexity index is 110. The summed E-state index contributed by atoms with van der Waals surface area (Å²) in [4.78, 5) is 2.02. The fraction of sp³-hybridized carbons (Fsp3) is 1.00. The molecule has 0 aliphatic heterocycles. The van der Waals surface area contributed by atoms with Gasteiger partial charge in [0.25, 0.3) is 0 Å². The van der Waals surface area contributed by atoms with Crippen LogP contribution in [-0.4, -0.2) is 36.2 Å². The van der Waals surface area contributed by atoms with Gasteiger partial charge in [-0.2, -0.15) is 0 Å². The second-order valence-corrected chi connectivity index (χ2v) is 3.90. The summed E-state index contributed by atoms with van der Waals surface area (Å²) < 4.78 is 0. The minimum absolute atomic E-state index is 0.366. The molecule has 2 unspecified atom stereocenters. The molecule has 0 fully saturated rings. The molecular formula is C9H21NO. The number of aliphatic hydroxyl groups is 1. The molecule has 0 heterocycles. The van der Waals surface area contributed by atoms with Gasteiger partial charge in [-0.1, -0.05) is 20.3 Å². The van der Waals surface area contributed by atoms with Gasteiger partial charge >= 0.3 is 0 Å². The second-order valence-electron chi connectivity index (χ2n) is 3.90. The van der Waals surface area contributed by atoms with Gasteiger partial charge in [-0.3, -0.25) is 0 Å². The Hall–Kier alpha value is -0.0800. The predicted octanol–water partition coefficient (Wildman–Crippen LogP) is 1.35. The highest BCUT2D eigenvalue weighted by Crippen LogP contribution is 2.19. The first kappa shape index (κ1) is 10.9. The monoisotopic (exact) mass is 159 g/mol. The average Bonchev–Trinajstić information content (AvgIpc) is 1.83. The molecule has 0 aromatic heterocycles. The van der Waals surface area contributed by atoms with Crippen LogP contribution in [0.2, 0.25) is 0 Å². The molecule has 0 aromatic rings. The predicted molar refractivity (Wildman–Crippen MR) is 48.6 cm³/mol. The summed E-state index contributed by atoms with van der Waals surface area (Å²) in [6, 6.07) is 0. The van der Waals surface area contributed by atoms with Crippen molar-refractivity contribution in [3.05, 3.63) is 0 Å². The van der Waals surface area contributed by atoms with Crippen LogP contribution in [0, 0.1) is 5.92 Å². The third kappa shape index (κ3) is 3.73. The Kier molecular flexibility index (Phi) is 4.04. The van der Waals surface area contributed by atoms with Crippen LogP contribution in [0.15, 0.2) is 0 Å². The largest absolute Gasteiger partial charge is 0.389 e. The lowest BCUT2D eigenvalue weighted by atomic mass is 9.88. The van der Waals surface area contributed by atoms with Crippen LogP contribution in [0.1, 0.15) is 27.2 Å². The number of rotatable bonds is 4. The first-order valence-electron chi connectivity index (χ1n) is 4.27. The van der Waals surface area contributed by atoms with Crippen LogP contribution < -0.4 is 0 Å². The molecule has 0 radical (unpaired) electrons. The van der Waals surface area contributed by atoms with Gasteiger partial charge in [0.1, 0.15) is 0 Å². The van der Waals surface area contributed by atoms with E-state index in [1.54, 1.807) is 0 Å². The van der Waals surface area contributed by atoms with Crippen molar-refractivity contribution in [2.45, 2.75) is 32.8 Å². The Morgan fingerprint density at radius 2 is 1.91 bits per heavy atom. The van der Waals surface area contributed by atoms with Crippen molar-refractivity contribution in [3.63, 3.8) is 0 Å². The Morgan fingerprint density at radius 1 is 1.45 bits per heavy atom. The molecular weight excluding hydrogens is 138 g/mol. The summed E-state index contributed by atoms with van der Waals surface area (Å²) in [7, 11) is 3.97. The van der Waals surface area contributed by atoms with Crippen molar-refractivity contribution in [2.24, 2.45) is 5.92 Å². The van der Waals surface area contributed by atoms with Crippen molar-refractivity contribution in [1.82, 2.24) is 4.90 Å². The molecule has 11 heavy (non-hydrogen) atoms. The van der Waals surface area contributed by atoms with Crippen molar-refractivity contribution in [3.8, 4) is 0 Å².